The maximum atomic E-state index is 11.5. The monoisotopic (exact) mass is 396 g/mol. The van der Waals surface area contributed by atoms with Gasteiger partial charge in [0.25, 0.3) is 20.2 Å². The van der Waals surface area contributed by atoms with Crippen LogP contribution in [0.5, 0.6) is 11.5 Å². The van der Waals surface area contributed by atoms with Crippen molar-refractivity contribution >= 4 is 26.0 Å². The summed E-state index contributed by atoms with van der Waals surface area (Å²) in [4.78, 5) is 11.5. The molecule has 0 aliphatic rings. The Morgan fingerprint density at radius 1 is 0.880 bits per heavy atom. The van der Waals surface area contributed by atoms with E-state index in [1.165, 1.54) is 25.1 Å². The van der Waals surface area contributed by atoms with Crippen LogP contribution in [0.25, 0.3) is 0 Å². The van der Waals surface area contributed by atoms with Crippen molar-refractivity contribution in [3.8, 4) is 11.5 Å². The van der Waals surface area contributed by atoms with Gasteiger partial charge in [-0.3, -0.25) is 13.9 Å². The van der Waals surface area contributed by atoms with Crippen molar-refractivity contribution < 1.29 is 40.2 Å². The third-order valence-electron chi connectivity index (χ3n) is 2.92. The van der Waals surface area contributed by atoms with Crippen LogP contribution in [0.2, 0.25) is 0 Å². The van der Waals surface area contributed by atoms with Gasteiger partial charge in [0.1, 0.15) is 11.5 Å². The summed E-state index contributed by atoms with van der Waals surface area (Å²) < 4.78 is 70.5. The van der Waals surface area contributed by atoms with Gasteiger partial charge in [-0.2, -0.15) is 16.8 Å². The smallest absolute Gasteiger partial charge is 0.264 e. The van der Waals surface area contributed by atoms with Crippen LogP contribution >= 0.6 is 0 Å². The molecule has 0 aliphatic carbocycles. The molecule has 11 heteroatoms. The maximum absolute atomic E-state index is 11.5. The molecule has 0 heterocycles. The van der Waals surface area contributed by atoms with Crippen LogP contribution in [-0.2, 0) is 20.2 Å². The molecule has 25 heavy (non-hydrogen) atoms. The summed E-state index contributed by atoms with van der Waals surface area (Å²) in [6.45, 7) is 1.35. The van der Waals surface area contributed by atoms with Crippen LogP contribution in [0.1, 0.15) is 30.1 Å². The van der Waals surface area contributed by atoms with Crippen LogP contribution in [0, 0.1) is 0 Å². The normalized spacial score (nSPS) is 12.0. The van der Waals surface area contributed by atoms with E-state index >= 15 is 0 Å². The molecule has 0 aromatic heterocycles. The first kappa shape index (κ1) is 21.4. The van der Waals surface area contributed by atoms with Gasteiger partial charge < -0.3 is 9.47 Å². The van der Waals surface area contributed by atoms with Crippen LogP contribution in [0.15, 0.2) is 18.2 Å². The highest BCUT2D eigenvalue weighted by atomic mass is 32.2. The summed E-state index contributed by atoms with van der Waals surface area (Å²) >= 11 is 0. The highest BCUT2D eigenvalue weighted by Gasteiger charge is 2.09. The Labute approximate surface area is 146 Å². The average molecular weight is 396 g/mol. The molecule has 1 rings (SSSR count). The van der Waals surface area contributed by atoms with E-state index in [1.807, 2.05) is 0 Å². The number of Topliss-reactive ketones (excluding diaryl/α,β-unsaturated/α-hetero) is 1. The number of carbonyl (C=O) groups is 1. The SMILES string of the molecule is CC(=O)c1cc(OCCCS(=O)(=O)O)cc(OCCCS(=O)(=O)O)c1. The number of hydrogen-bond acceptors (Lipinski definition) is 7. The lowest BCUT2D eigenvalue weighted by molar-refractivity contribution is 0.101. The molecule has 0 saturated heterocycles. The van der Waals surface area contributed by atoms with Crippen LogP contribution in [0.3, 0.4) is 0 Å². The predicted molar refractivity (Wildman–Crippen MR) is 89.5 cm³/mol. The number of carbonyl (C=O) groups excluding carboxylic acids is 1. The van der Waals surface area contributed by atoms with Crippen molar-refractivity contribution in [2.24, 2.45) is 0 Å². The van der Waals surface area contributed by atoms with Gasteiger partial charge in [0.15, 0.2) is 5.78 Å². The molecule has 0 aliphatic heterocycles. The summed E-state index contributed by atoms with van der Waals surface area (Å²) in [6.07, 6.45) is 0.126. The molecule has 0 radical (unpaired) electrons. The number of hydrogen-bond donors (Lipinski definition) is 2. The first-order valence-electron chi connectivity index (χ1n) is 7.28. The first-order valence-corrected chi connectivity index (χ1v) is 10.5. The third-order valence-corrected chi connectivity index (χ3v) is 4.53. The lowest BCUT2D eigenvalue weighted by atomic mass is 10.1. The van der Waals surface area contributed by atoms with E-state index in [9.17, 15) is 21.6 Å². The molecule has 142 valence electrons. The zero-order valence-electron chi connectivity index (χ0n) is 13.5. The average Bonchev–Trinajstić information content (AvgIpc) is 2.46. The number of rotatable bonds is 11. The van der Waals surface area contributed by atoms with E-state index in [0.717, 1.165) is 0 Å². The van der Waals surface area contributed by atoms with Gasteiger partial charge in [-0.25, -0.2) is 0 Å². The van der Waals surface area contributed by atoms with Gasteiger partial charge in [-0.15, -0.1) is 0 Å². The van der Waals surface area contributed by atoms with Gasteiger partial charge in [0, 0.05) is 11.6 Å². The van der Waals surface area contributed by atoms with Crippen molar-refractivity contribution in [3.05, 3.63) is 23.8 Å². The van der Waals surface area contributed by atoms with E-state index in [-0.39, 0.29) is 43.3 Å². The summed E-state index contributed by atoms with van der Waals surface area (Å²) in [5.74, 6) is -0.594. The lowest BCUT2D eigenvalue weighted by Gasteiger charge is -2.11. The molecule has 0 bridgehead atoms. The minimum atomic E-state index is -4.06. The largest absolute Gasteiger partial charge is 0.493 e. The van der Waals surface area contributed by atoms with Gasteiger partial charge in [0.2, 0.25) is 0 Å². The second-order valence-electron chi connectivity index (χ2n) is 5.23. The number of ketones is 1. The zero-order valence-corrected chi connectivity index (χ0v) is 15.2. The second kappa shape index (κ2) is 9.13. The van der Waals surface area contributed by atoms with Crippen molar-refractivity contribution in [2.75, 3.05) is 24.7 Å². The summed E-state index contributed by atoms with van der Waals surface area (Å²) in [7, 11) is -8.13. The molecule has 0 amide bonds. The van der Waals surface area contributed by atoms with Gasteiger partial charge in [-0.1, -0.05) is 0 Å². The molecule has 0 atom stereocenters. The molecule has 1 aromatic carbocycles. The summed E-state index contributed by atoms with van der Waals surface area (Å²) in [5.41, 5.74) is 0.303. The fraction of sp³-hybridized carbons (Fsp3) is 0.500. The zero-order chi connectivity index (χ0) is 19.1. The van der Waals surface area contributed by atoms with E-state index in [1.54, 1.807) is 0 Å². The summed E-state index contributed by atoms with van der Waals surface area (Å²) in [6, 6.07) is 4.38. The fourth-order valence-electron chi connectivity index (χ4n) is 1.80. The maximum Gasteiger partial charge on any atom is 0.264 e. The van der Waals surface area contributed by atoms with E-state index < -0.39 is 31.7 Å². The van der Waals surface area contributed by atoms with Crippen molar-refractivity contribution in [1.29, 1.82) is 0 Å². The standard InChI is InChI=1S/C14H20O9S2/c1-11(15)12-8-13(22-4-2-6-24(16,17)18)10-14(9-12)23-5-3-7-25(19,20)21/h8-10H,2-7H2,1H3,(H,16,17,18)(H,19,20,21). The Morgan fingerprint density at radius 3 is 1.60 bits per heavy atom. The third kappa shape index (κ3) is 10.0. The van der Waals surface area contributed by atoms with Crippen molar-refractivity contribution in [2.45, 2.75) is 19.8 Å². The molecule has 9 nitrogen and oxygen atoms in total. The minimum Gasteiger partial charge on any atom is -0.493 e. The number of ether oxygens (including phenoxy) is 2. The molecule has 0 unspecified atom stereocenters. The lowest BCUT2D eigenvalue weighted by Crippen LogP contribution is -2.10. The van der Waals surface area contributed by atoms with Gasteiger partial charge >= 0.3 is 0 Å². The minimum absolute atomic E-state index is 0.00332. The molecule has 0 fully saturated rings. The Morgan fingerprint density at radius 2 is 1.28 bits per heavy atom. The van der Waals surface area contributed by atoms with Gasteiger partial charge in [0.05, 0.1) is 24.7 Å². The predicted octanol–water partition coefficient (Wildman–Crippen LogP) is 1.20. The van der Waals surface area contributed by atoms with E-state index in [2.05, 4.69) is 0 Å². The highest BCUT2D eigenvalue weighted by molar-refractivity contribution is 7.86. The molecule has 1 aromatic rings. The Kier molecular flexibility index (Phi) is 7.80. The fourth-order valence-corrected chi connectivity index (χ4v) is 2.77. The van der Waals surface area contributed by atoms with Crippen molar-refractivity contribution in [1.82, 2.24) is 0 Å². The van der Waals surface area contributed by atoms with Crippen LogP contribution < -0.4 is 9.47 Å². The topological polar surface area (TPSA) is 144 Å². The summed E-state index contributed by atoms with van der Waals surface area (Å²) in [5, 5.41) is 0. The van der Waals surface area contributed by atoms with E-state index in [4.69, 9.17) is 18.6 Å². The van der Waals surface area contributed by atoms with Gasteiger partial charge in [-0.05, 0) is 31.9 Å². The Bertz CT molecular complexity index is 739. The quantitative estimate of drug-likeness (QED) is 0.320. The van der Waals surface area contributed by atoms with E-state index in [0.29, 0.717) is 5.56 Å². The molecular weight excluding hydrogens is 376 g/mol. The Hall–Kier alpha value is -1.69. The van der Waals surface area contributed by atoms with Crippen LogP contribution in [-0.4, -0.2) is 56.4 Å². The molecule has 0 spiro atoms. The molecular formula is C14H20O9S2. The van der Waals surface area contributed by atoms with Crippen LogP contribution in [0.4, 0.5) is 0 Å². The molecule has 0 saturated carbocycles. The Balaban J connectivity index is 2.68. The first-order chi connectivity index (χ1) is 11.5. The van der Waals surface area contributed by atoms with Crippen molar-refractivity contribution in [3.63, 3.8) is 0 Å². The molecule has 2 N–H and O–H groups in total. The number of benzene rings is 1. The highest BCUT2D eigenvalue weighted by Crippen LogP contribution is 2.24. The second-order valence-corrected chi connectivity index (χ2v) is 8.37.